The van der Waals surface area contributed by atoms with Crippen LogP contribution in [-0.4, -0.2) is 11.4 Å². The normalized spacial score (nSPS) is 17.0. The molecule has 0 N–H and O–H groups in total. The van der Waals surface area contributed by atoms with Gasteiger partial charge < -0.3 is 13.8 Å². The van der Waals surface area contributed by atoms with Crippen molar-refractivity contribution in [3.05, 3.63) is 197 Å². The first-order valence-electron chi connectivity index (χ1n) is 22.4. The standard InChI is InChI=1S/C58H45BN2O/c1-34-29-40-39-23-16-25-44-52(39)61(47-26-15-14-24-43(47)58(44,37-19-8-6-9-20-37)38-21-10-7-11-22-38)59-51(40)54-50(34)41-30-35-17-12-13-18-36(35)31-48(41)60(54)53-42-32-45-46(33-49(42)62-55(53)59)57(4,5)28-27-56(45,2)3/h6-26,29-33H,27-28H2,1-5H3. The van der Waals surface area contributed by atoms with Gasteiger partial charge in [-0.3, -0.25) is 0 Å². The van der Waals surface area contributed by atoms with Crippen LogP contribution in [0, 0.1) is 6.92 Å². The lowest BCUT2D eigenvalue weighted by Gasteiger charge is -2.51. The Kier molecular flexibility index (Phi) is 6.51. The monoisotopic (exact) mass is 796 g/mol. The summed E-state index contributed by atoms with van der Waals surface area (Å²) in [5, 5.41) is 6.35. The molecule has 4 aliphatic rings. The molecule has 5 heterocycles. The van der Waals surface area contributed by atoms with Gasteiger partial charge in [-0.25, -0.2) is 0 Å². The Bertz CT molecular complexity index is 3570. The van der Waals surface area contributed by atoms with Crippen LogP contribution in [0.3, 0.4) is 0 Å². The first-order chi connectivity index (χ1) is 30.2. The summed E-state index contributed by atoms with van der Waals surface area (Å²) in [6, 6.07) is 59.9. The number of rotatable bonds is 2. The van der Waals surface area contributed by atoms with Gasteiger partial charge in [-0.05, 0) is 122 Å². The number of hydrogen-bond donors (Lipinski definition) is 0. The second-order valence-electron chi connectivity index (χ2n) is 19.9. The summed E-state index contributed by atoms with van der Waals surface area (Å²) in [6.45, 7) is 11.9. The van der Waals surface area contributed by atoms with Crippen molar-refractivity contribution in [2.75, 3.05) is 4.81 Å². The quantitative estimate of drug-likeness (QED) is 0.163. The fourth-order valence-electron chi connectivity index (χ4n) is 12.8. The smallest absolute Gasteiger partial charge is 0.375 e. The molecule has 3 aliphatic heterocycles. The first kappa shape index (κ1) is 34.9. The summed E-state index contributed by atoms with van der Waals surface area (Å²) < 4.78 is 10.2. The maximum Gasteiger partial charge on any atom is 0.375 e. The van der Waals surface area contributed by atoms with Crippen LogP contribution in [0.25, 0.3) is 60.4 Å². The molecule has 8 aromatic carbocycles. The molecule has 0 bridgehead atoms. The van der Waals surface area contributed by atoms with Crippen molar-refractivity contribution in [3.63, 3.8) is 0 Å². The van der Waals surface area contributed by atoms with Crippen LogP contribution >= 0.6 is 0 Å². The van der Waals surface area contributed by atoms with Gasteiger partial charge >= 0.3 is 6.85 Å². The first-order valence-corrected chi connectivity index (χ1v) is 22.4. The molecule has 296 valence electrons. The molecule has 0 unspecified atom stereocenters. The van der Waals surface area contributed by atoms with Crippen molar-refractivity contribution in [1.29, 1.82) is 0 Å². The molecular formula is C58H45BN2O. The molecule has 3 nitrogen and oxygen atoms in total. The van der Waals surface area contributed by atoms with Crippen LogP contribution in [-0.2, 0) is 16.2 Å². The van der Waals surface area contributed by atoms with Crippen molar-refractivity contribution < 1.29 is 4.42 Å². The Morgan fingerprint density at radius 1 is 0.548 bits per heavy atom. The molecule has 0 spiro atoms. The number of furan rings is 1. The summed E-state index contributed by atoms with van der Waals surface area (Å²) in [4.78, 5) is 2.69. The van der Waals surface area contributed by atoms with E-state index in [1.54, 1.807) is 0 Å². The highest BCUT2D eigenvalue weighted by molar-refractivity contribution is 6.93. The third kappa shape index (κ3) is 4.10. The van der Waals surface area contributed by atoms with Crippen molar-refractivity contribution >= 4 is 72.9 Å². The molecule has 14 rings (SSSR count). The summed E-state index contributed by atoms with van der Waals surface area (Å²) in [7, 11) is 0. The van der Waals surface area contributed by atoms with Gasteiger partial charge in [-0.15, -0.1) is 0 Å². The molecule has 0 amide bonds. The molecular weight excluding hydrogens is 751 g/mol. The number of benzene rings is 8. The molecule has 0 saturated heterocycles. The molecule has 1 aliphatic carbocycles. The maximum atomic E-state index is 7.62. The van der Waals surface area contributed by atoms with Crippen LogP contribution in [0.4, 0.5) is 11.4 Å². The summed E-state index contributed by atoms with van der Waals surface area (Å²) in [5.74, 6) is 0. The predicted molar refractivity (Wildman–Crippen MR) is 259 cm³/mol. The van der Waals surface area contributed by atoms with E-state index in [-0.39, 0.29) is 17.7 Å². The summed E-state index contributed by atoms with van der Waals surface area (Å²) >= 11 is 0. The number of fused-ring (bicyclic) bond motifs is 14. The molecule has 10 aromatic rings. The van der Waals surface area contributed by atoms with E-state index < -0.39 is 5.41 Å². The van der Waals surface area contributed by atoms with Gasteiger partial charge in [0.15, 0.2) is 0 Å². The zero-order valence-corrected chi connectivity index (χ0v) is 35.8. The minimum absolute atomic E-state index is 0.0481. The van der Waals surface area contributed by atoms with Gasteiger partial charge in [0.2, 0.25) is 0 Å². The van der Waals surface area contributed by atoms with Crippen LogP contribution in [0.5, 0.6) is 0 Å². The van der Waals surface area contributed by atoms with Crippen LogP contribution < -0.4 is 15.9 Å². The molecule has 0 radical (unpaired) electrons. The van der Waals surface area contributed by atoms with Gasteiger partial charge in [0.05, 0.1) is 22.1 Å². The second kappa shape index (κ2) is 11.6. The van der Waals surface area contributed by atoms with E-state index in [9.17, 15) is 0 Å². The third-order valence-electron chi connectivity index (χ3n) is 15.8. The van der Waals surface area contributed by atoms with E-state index in [1.807, 2.05) is 0 Å². The Morgan fingerprint density at radius 2 is 1.18 bits per heavy atom. The number of nitrogens with zero attached hydrogens (tertiary/aromatic N) is 2. The maximum absolute atomic E-state index is 7.62. The van der Waals surface area contributed by atoms with Gasteiger partial charge in [0, 0.05) is 33.1 Å². The van der Waals surface area contributed by atoms with Gasteiger partial charge in [-0.1, -0.05) is 155 Å². The highest BCUT2D eigenvalue weighted by Crippen LogP contribution is 2.60. The van der Waals surface area contributed by atoms with Crippen molar-refractivity contribution in [2.24, 2.45) is 0 Å². The van der Waals surface area contributed by atoms with Crippen molar-refractivity contribution in [2.45, 2.75) is 63.7 Å². The van der Waals surface area contributed by atoms with Crippen molar-refractivity contribution in [1.82, 2.24) is 4.57 Å². The van der Waals surface area contributed by atoms with Gasteiger partial charge in [-0.2, -0.15) is 0 Å². The predicted octanol–water partition coefficient (Wildman–Crippen LogP) is 13.3. The lowest BCUT2D eigenvalue weighted by Crippen LogP contribution is -2.62. The topological polar surface area (TPSA) is 21.3 Å². The zero-order chi connectivity index (χ0) is 41.4. The van der Waals surface area contributed by atoms with E-state index in [0.717, 1.165) is 24.1 Å². The molecule has 0 fully saturated rings. The van der Waals surface area contributed by atoms with E-state index in [2.05, 4.69) is 202 Å². The minimum atomic E-state index is -0.561. The Morgan fingerprint density at radius 3 is 1.90 bits per heavy atom. The Balaban J connectivity index is 1.20. The molecule has 62 heavy (non-hydrogen) atoms. The average molecular weight is 797 g/mol. The highest BCUT2D eigenvalue weighted by atomic mass is 16.3. The number of aryl methyl sites for hydroxylation is 1. The van der Waals surface area contributed by atoms with Crippen molar-refractivity contribution in [3.8, 4) is 16.8 Å². The Labute approximate surface area is 362 Å². The molecule has 0 atom stereocenters. The van der Waals surface area contributed by atoms with E-state index in [4.69, 9.17) is 4.42 Å². The fourth-order valence-corrected chi connectivity index (χ4v) is 12.8. The van der Waals surface area contributed by atoms with Gasteiger partial charge in [0.25, 0.3) is 0 Å². The SMILES string of the molecule is Cc1cc2c3c4c1c1cc5ccccc5cc1n4-c1c(oc4cc5c(cc14)C(C)(C)CCC5(C)C)B3N1c3ccccc3C(c3ccccc3)(c3ccccc3)c3cccc-2c31. The fraction of sp³-hybridized carbons (Fsp3) is 0.172. The highest BCUT2D eigenvalue weighted by Gasteiger charge is 2.55. The Hall–Kier alpha value is -6.78. The van der Waals surface area contributed by atoms with E-state index in [1.165, 1.54) is 111 Å². The molecule has 2 aromatic heterocycles. The van der Waals surface area contributed by atoms with Crippen LogP contribution in [0.15, 0.2) is 162 Å². The average Bonchev–Trinajstić information content (AvgIpc) is 3.83. The van der Waals surface area contributed by atoms with E-state index in [0.29, 0.717) is 0 Å². The largest absolute Gasteiger partial charge is 0.466 e. The van der Waals surface area contributed by atoms with Crippen LogP contribution in [0.1, 0.15) is 79.5 Å². The second-order valence-corrected chi connectivity index (χ2v) is 19.9. The lowest BCUT2D eigenvalue weighted by molar-refractivity contribution is 0.332. The lowest BCUT2D eigenvalue weighted by atomic mass is 9.44. The number of anilines is 2. The summed E-state index contributed by atoms with van der Waals surface area (Å²) in [6.07, 6.45) is 2.31. The molecule has 4 heteroatoms. The number of hydrogen-bond acceptors (Lipinski definition) is 2. The van der Waals surface area contributed by atoms with E-state index >= 15 is 0 Å². The number of aromatic nitrogens is 1. The third-order valence-corrected chi connectivity index (χ3v) is 15.8. The minimum Gasteiger partial charge on any atom is -0.466 e. The zero-order valence-electron chi connectivity index (χ0n) is 35.8. The molecule has 0 saturated carbocycles. The summed E-state index contributed by atoms with van der Waals surface area (Å²) in [5.41, 5.74) is 20.9. The number of para-hydroxylation sites is 2. The van der Waals surface area contributed by atoms with Gasteiger partial charge in [0.1, 0.15) is 11.2 Å². The van der Waals surface area contributed by atoms with Crippen LogP contribution in [0.2, 0.25) is 0 Å².